The molecule has 0 aliphatic carbocycles. The highest BCUT2D eigenvalue weighted by molar-refractivity contribution is 6.00. The Hall–Kier alpha value is -4.13. The number of carbonyl (C=O) groups excluding carboxylic acids is 3. The molecule has 1 aliphatic heterocycles. The Bertz CT molecular complexity index is 1230. The number of benzene rings is 3. The molecule has 0 saturated carbocycles. The molecule has 4 rings (SSSR count). The van der Waals surface area contributed by atoms with E-state index in [9.17, 15) is 14.4 Å². The molecule has 1 saturated heterocycles. The highest BCUT2D eigenvalue weighted by atomic mass is 16.5. The molecule has 0 aromatic heterocycles. The Morgan fingerprint density at radius 1 is 1.00 bits per heavy atom. The minimum absolute atomic E-state index is 0.0835. The van der Waals surface area contributed by atoms with E-state index in [2.05, 4.69) is 10.6 Å². The summed E-state index contributed by atoms with van der Waals surface area (Å²) in [7, 11) is 0. The van der Waals surface area contributed by atoms with Gasteiger partial charge in [-0.05, 0) is 67.3 Å². The minimum Gasteiger partial charge on any atom is -0.484 e. The van der Waals surface area contributed by atoms with Crippen LogP contribution in [0.2, 0.25) is 0 Å². The van der Waals surface area contributed by atoms with E-state index in [0.29, 0.717) is 24.5 Å². The number of nitrogens with one attached hydrogen (secondary N) is 2. The molecule has 1 aliphatic rings. The van der Waals surface area contributed by atoms with Crippen LogP contribution in [0.15, 0.2) is 72.8 Å². The van der Waals surface area contributed by atoms with Gasteiger partial charge in [0.15, 0.2) is 6.61 Å². The van der Waals surface area contributed by atoms with Gasteiger partial charge in [-0.3, -0.25) is 14.4 Å². The molecule has 3 aromatic carbocycles. The predicted molar refractivity (Wildman–Crippen MR) is 140 cm³/mol. The van der Waals surface area contributed by atoms with E-state index in [1.807, 2.05) is 62.4 Å². The van der Waals surface area contributed by atoms with E-state index in [1.165, 1.54) is 0 Å². The number of amides is 3. The summed E-state index contributed by atoms with van der Waals surface area (Å²) in [6.45, 7) is 4.66. The average molecular weight is 486 g/mol. The van der Waals surface area contributed by atoms with Gasteiger partial charge in [-0.15, -0.1) is 0 Å². The topological polar surface area (TPSA) is 87.7 Å². The molecule has 1 unspecified atom stereocenters. The number of hydrogen-bond donors (Lipinski definition) is 2. The second-order valence-corrected chi connectivity index (χ2v) is 9.08. The maximum Gasteiger partial charge on any atom is 0.262 e. The lowest BCUT2D eigenvalue weighted by atomic mass is 10.1. The summed E-state index contributed by atoms with van der Waals surface area (Å²) in [6, 6.07) is 22.8. The molecule has 3 aromatic rings. The number of nitrogens with zero attached hydrogens (tertiary/aromatic N) is 1. The fourth-order valence-electron chi connectivity index (χ4n) is 4.18. The van der Waals surface area contributed by atoms with E-state index >= 15 is 0 Å². The monoisotopic (exact) mass is 485 g/mol. The largest absolute Gasteiger partial charge is 0.484 e. The van der Waals surface area contributed by atoms with Gasteiger partial charge in [-0.25, -0.2) is 0 Å². The van der Waals surface area contributed by atoms with Crippen LogP contribution in [0.5, 0.6) is 5.75 Å². The Morgan fingerprint density at radius 2 is 1.75 bits per heavy atom. The van der Waals surface area contributed by atoms with Crippen LogP contribution in [-0.2, 0) is 20.8 Å². The van der Waals surface area contributed by atoms with Crippen LogP contribution in [0.3, 0.4) is 0 Å². The van der Waals surface area contributed by atoms with E-state index in [4.69, 9.17) is 4.74 Å². The molecule has 7 heteroatoms. The zero-order chi connectivity index (χ0) is 25.5. The molecule has 36 heavy (non-hydrogen) atoms. The summed E-state index contributed by atoms with van der Waals surface area (Å²) < 4.78 is 5.62. The van der Waals surface area contributed by atoms with Crippen molar-refractivity contribution in [1.29, 1.82) is 0 Å². The van der Waals surface area contributed by atoms with Crippen LogP contribution in [-0.4, -0.2) is 37.4 Å². The minimum atomic E-state index is -0.377. The van der Waals surface area contributed by atoms with Crippen LogP contribution in [0.4, 0.5) is 11.4 Å². The van der Waals surface area contributed by atoms with E-state index in [0.717, 1.165) is 28.8 Å². The highest BCUT2D eigenvalue weighted by Gasteiger charge is 2.34. The lowest BCUT2D eigenvalue weighted by Crippen LogP contribution is -2.34. The van der Waals surface area contributed by atoms with Crippen molar-refractivity contribution in [3.63, 3.8) is 0 Å². The van der Waals surface area contributed by atoms with Crippen molar-refractivity contribution >= 4 is 29.1 Å². The van der Waals surface area contributed by atoms with Crippen molar-refractivity contribution in [2.24, 2.45) is 5.92 Å². The summed E-state index contributed by atoms with van der Waals surface area (Å²) in [6.07, 6.45) is 0.939. The van der Waals surface area contributed by atoms with Gasteiger partial charge >= 0.3 is 0 Å². The molecule has 0 bridgehead atoms. The van der Waals surface area contributed by atoms with E-state index < -0.39 is 0 Å². The lowest BCUT2D eigenvalue weighted by Gasteiger charge is -2.17. The van der Waals surface area contributed by atoms with Gasteiger partial charge in [0.2, 0.25) is 11.8 Å². The maximum absolute atomic E-state index is 12.6. The number of aryl methyl sites for hydroxylation is 2. The Morgan fingerprint density at radius 3 is 2.50 bits per heavy atom. The van der Waals surface area contributed by atoms with Crippen LogP contribution in [0, 0.1) is 19.8 Å². The third-order valence-corrected chi connectivity index (χ3v) is 6.24. The molecular formula is C29H31N3O4. The first-order chi connectivity index (χ1) is 17.4. The normalized spacial score (nSPS) is 15.0. The van der Waals surface area contributed by atoms with E-state index in [-0.39, 0.29) is 36.7 Å². The van der Waals surface area contributed by atoms with Gasteiger partial charge in [0, 0.05) is 30.9 Å². The average Bonchev–Trinajstić information content (AvgIpc) is 3.27. The van der Waals surface area contributed by atoms with E-state index in [1.54, 1.807) is 29.2 Å². The quantitative estimate of drug-likeness (QED) is 0.479. The predicted octanol–water partition coefficient (Wildman–Crippen LogP) is 4.03. The highest BCUT2D eigenvalue weighted by Crippen LogP contribution is 2.27. The van der Waals surface area contributed by atoms with Crippen LogP contribution in [0.25, 0.3) is 0 Å². The van der Waals surface area contributed by atoms with Gasteiger partial charge in [-0.2, -0.15) is 0 Å². The van der Waals surface area contributed by atoms with Crippen molar-refractivity contribution in [3.05, 3.63) is 89.5 Å². The standard InChI is InChI=1S/C29H31N3O4/c1-20-8-9-21(2)26(16-20)31-27(33)19-36-25-12-10-24(11-13-25)32-18-23(17-28(32)34)29(35)30-15-14-22-6-4-3-5-7-22/h3-13,16,23H,14-15,17-19H2,1-2H3,(H,30,35)(H,31,33). The molecular weight excluding hydrogens is 454 g/mol. The summed E-state index contributed by atoms with van der Waals surface area (Å²) in [4.78, 5) is 39.1. The van der Waals surface area contributed by atoms with Crippen molar-refractivity contribution in [2.45, 2.75) is 26.7 Å². The van der Waals surface area contributed by atoms with Gasteiger partial charge in [0.05, 0.1) is 5.92 Å². The Kier molecular flexibility index (Phi) is 8.00. The maximum atomic E-state index is 12.6. The van der Waals surface area contributed by atoms with Gasteiger partial charge in [0.25, 0.3) is 5.91 Å². The molecule has 0 spiro atoms. The first kappa shape index (κ1) is 25.0. The van der Waals surface area contributed by atoms with Crippen LogP contribution < -0.4 is 20.3 Å². The first-order valence-electron chi connectivity index (χ1n) is 12.1. The molecule has 0 radical (unpaired) electrons. The number of carbonyl (C=O) groups is 3. The second kappa shape index (κ2) is 11.5. The zero-order valence-electron chi connectivity index (χ0n) is 20.6. The summed E-state index contributed by atoms with van der Waals surface area (Å²) in [5, 5.41) is 5.82. The van der Waals surface area contributed by atoms with Crippen LogP contribution in [0.1, 0.15) is 23.1 Å². The Balaban J connectivity index is 1.25. The zero-order valence-corrected chi connectivity index (χ0v) is 20.6. The lowest BCUT2D eigenvalue weighted by molar-refractivity contribution is -0.126. The molecule has 2 N–H and O–H groups in total. The van der Waals surface area contributed by atoms with Crippen molar-refractivity contribution < 1.29 is 19.1 Å². The van der Waals surface area contributed by atoms with Crippen LogP contribution >= 0.6 is 0 Å². The summed E-state index contributed by atoms with van der Waals surface area (Å²) in [5.41, 5.74) is 4.68. The summed E-state index contributed by atoms with van der Waals surface area (Å²) >= 11 is 0. The van der Waals surface area contributed by atoms with Gasteiger partial charge in [-0.1, -0.05) is 42.5 Å². The number of anilines is 2. The third-order valence-electron chi connectivity index (χ3n) is 6.24. The Labute approximate surface area is 211 Å². The number of rotatable bonds is 9. The first-order valence-corrected chi connectivity index (χ1v) is 12.1. The smallest absolute Gasteiger partial charge is 0.262 e. The molecule has 1 fully saturated rings. The molecule has 1 atom stereocenters. The molecule has 186 valence electrons. The van der Waals surface area contributed by atoms with Gasteiger partial charge < -0.3 is 20.3 Å². The fourth-order valence-corrected chi connectivity index (χ4v) is 4.18. The molecule has 7 nitrogen and oxygen atoms in total. The third kappa shape index (κ3) is 6.50. The van der Waals surface area contributed by atoms with Crippen molar-refractivity contribution in [2.75, 3.05) is 29.9 Å². The number of ether oxygens (including phenoxy) is 1. The van der Waals surface area contributed by atoms with Crippen molar-refractivity contribution in [3.8, 4) is 5.75 Å². The van der Waals surface area contributed by atoms with Gasteiger partial charge in [0.1, 0.15) is 5.75 Å². The fraction of sp³-hybridized carbons (Fsp3) is 0.276. The number of hydrogen-bond acceptors (Lipinski definition) is 4. The summed E-state index contributed by atoms with van der Waals surface area (Å²) in [5.74, 6) is -0.283. The van der Waals surface area contributed by atoms with Crippen molar-refractivity contribution in [1.82, 2.24) is 5.32 Å². The molecule has 1 heterocycles. The SMILES string of the molecule is Cc1ccc(C)c(NC(=O)COc2ccc(N3CC(C(=O)NCCc4ccccc4)CC3=O)cc2)c1. The molecule has 3 amide bonds. The second-order valence-electron chi connectivity index (χ2n) is 9.08.